The zero-order valence-corrected chi connectivity index (χ0v) is 12.6. The lowest BCUT2D eigenvalue weighted by Crippen LogP contribution is -2.39. The van der Waals surface area contributed by atoms with Crippen LogP contribution in [0.5, 0.6) is 0 Å². The first kappa shape index (κ1) is 15.0. The lowest BCUT2D eigenvalue weighted by atomic mass is 9.80. The smallest absolute Gasteiger partial charge is 0.188 e. The maximum atomic E-state index is 13.6. The summed E-state index contributed by atoms with van der Waals surface area (Å²) in [5.74, 6) is 1.22. The van der Waals surface area contributed by atoms with Crippen LogP contribution in [0.3, 0.4) is 0 Å². The third-order valence-corrected chi connectivity index (χ3v) is 3.87. The van der Waals surface area contributed by atoms with Gasteiger partial charge in [-0.25, -0.2) is 4.39 Å². The molecule has 2 rings (SSSR count). The lowest BCUT2D eigenvalue weighted by molar-refractivity contribution is 0.0554. The van der Waals surface area contributed by atoms with E-state index in [9.17, 15) is 4.39 Å². The van der Waals surface area contributed by atoms with Crippen molar-refractivity contribution in [2.24, 2.45) is 16.6 Å². The second-order valence-corrected chi connectivity index (χ2v) is 5.20. The van der Waals surface area contributed by atoms with Gasteiger partial charge in [-0.15, -0.1) is 24.0 Å². The van der Waals surface area contributed by atoms with Gasteiger partial charge >= 0.3 is 0 Å². The van der Waals surface area contributed by atoms with Crippen LogP contribution in [0.15, 0.2) is 4.99 Å². The van der Waals surface area contributed by atoms with Crippen molar-refractivity contribution < 1.29 is 4.39 Å². The highest BCUT2D eigenvalue weighted by Crippen LogP contribution is 2.38. The molecule has 0 spiro atoms. The average molecular weight is 355 g/mol. The molecule has 0 bridgehead atoms. The van der Waals surface area contributed by atoms with E-state index in [1.807, 2.05) is 0 Å². The SMILES string of the molecule is I.NC(=NCC1CCC1)NCCC1(F)CCC1. The van der Waals surface area contributed by atoms with Gasteiger partial charge < -0.3 is 11.1 Å². The van der Waals surface area contributed by atoms with Crippen molar-refractivity contribution in [3.8, 4) is 0 Å². The molecule has 0 aromatic heterocycles. The number of aliphatic imine (C=N–C) groups is 1. The standard InChI is InChI=1S/C12H22FN3.HI/c13-12(5-2-6-12)7-8-15-11(14)16-9-10-3-1-4-10;/h10H,1-9H2,(H3,14,15,16);1H. The fraction of sp³-hybridized carbons (Fsp3) is 0.917. The monoisotopic (exact) mass is 355 g/mol. The summed E-state index contributed by atoms with van der Waals surface area (Å²) < 4.78 is 13.6. The number of rotatable bonds is 5. The number of guanidine groups is 1. The van der Waals surface area contributed by atoms with Crippen LogP contribution in [0.25, 0.3) is 0 Å². The van der Waals surface area contributed by atoms with Gasteiger partial charge in [0.15, 0.2) is 5.96 Å². The number of hydrogen-bond acceptors (Lipinski definition) is 1. The fourth-order valence-electron chi connectivity index (χ4n) is 2.18. The molecule has 0 unspecified atom stereocenters. The first-order chi connectivity index (χ1) is 7.68. The molecule has 0 heterocycles. The highest BCUT2D eigenvalue weighted by molar-refractivity contribution is 14.0. The van der Waals surface area contributed by atoms with Crippen LogP contribution < -0.4 is 11.1 Å². The van der Waals surface area contributed by atoms with E-state index in [1.54, 1.807) is 0 Å². The van der Waals surface area contributed by atoms with Crippen molar-refractivity contribution in [1.29, 1.82) is 0 Å². The number of nitrogens with one attached hydrogen (secondary N) is 1. The summed E-state index contributed by atoms with van der Waals surface area (Å²) in [6.45, 7) is 1.44. The van der Waals surface area contributed by atoms with Gasteiger partial charge in [0, 0.05) is 13.1 Å². The summed E-state index contributed by atoms with van der Waals surface area (Å²) in [5.41, 5.74) is 4.79. The van der Waals surface area contributed by atoms with Crippen LogP contribution in [0.4, 0.5) is 4.39 Å². The summed E-state index contributed by atoms with van der Waals surface area (Å²) in [4.78, 5) is 4.27. The summed E-state index contributed by atoms with van der Waals surface area (Å²) in [7, 11) is 0. The van der Waals surface area contributed by atoms with E-state index in [2.05, 4.69) is 10.3 Å². The van der Waals surface area contributed by atoms with Crippen LogP contribution in [0.2, 0.25) is 0 Å². The Labute approximate surface area is 120 Å². The van der Waals surface area contributed by atoms with Gasteiger partial charge in [-0.1, -0.05) is 6.42 Å². The van der Waals surface area contributed by atoms with Crippen LogP contribution in [0.1, 0.15) is 44.9 Å². The summed E-state index contributed by atoms with van der Waals surface area (Å²) in [6, 6.07) is 0. The number of nitrogens with two attached hydrogens (primary N) is 1. The minimum atomic E-state index is -0.915. The molecule has 5 heteroatoms. The zero-order chi connectivity index (χ0) is 11.4. The van der Waals surface area contributed by atoms with Crippen molar-refractivity contribution in [3.63, 3.8) is 0 Å². The molecule has 3 N–H and O–H groups in total. The molecule has 0 aromatic carbocycles. The Bertz CT molecular complexity index is 262. The first-order valence-electron chi connectivity index (χ1n) is 6.41. The van der Waals surface area contributed by atoms with Crippen LogP contribution in [-0.4, -0.2) is 24.7 Å². The highest BCUT2D eigenvalue weighted by atomic mass is 127. The maximum Gasteiger partial charge on any atom is 0.188 e. The number of hydrogen-bond donors (Lipinski definition) is 2. The van der Waals surface area contributed by atoms with Gasteiger partial charge in [-0.3, -0.25) is 4.99 Å². The third kappa shape index (κ3) is 4.60. The highest BCUT2D eigenvalue weighted by Gasteiger charge is 2.36. The Morgan fingerprint density at radius 3 is 2.53 bits per heavy atom. The van der Waals surface area contributed by atoms with Crippen molar-refractivity contribution >= 4 is 29.9 Å². The van der Waals surface area contributed by atoms with E-state index in [0.717, 1.165) is 18.9 Å². The minimum Gasteiger partial charge on any atom is -0.370 e. The van der Waals surface area contributed by atoms with Crippen molar-refractivity contribution in [3.05, 3.63) is 0 Å². The van der Waals surface area contributed by atoms with Crippen LogP contribution in [0, 0.1) is 5.92 Å². The zero-order valence-electron chi connectivity index (χ0n) is 10.3. The topological polar surface area (TPSA) is 50.4 Å². The summed E-state index contributed by atoms with van der Waals surface area (Å²) >= 11 is 0. The number of alkyl halides is 1. The Hall–Kier alpha value is -0.0700. The summed E-state index contributed by atoms with van der Waals surface area (Å²) in [6.07, 6.45) is 6.92. The lowest BCUT2D eigenvalue weighted by Gasteiger charge is -2.33. The molecular weight excluding hydrogens is 332 g/mol. The van der Waals surface area contributed by atoms with Gasteiger partial charge in [0.1, 0.15) is 5.67 Å². The molecule has 3 nitrogen and oxygen atoms in total. The maximum absolute atomic E-state index is 13.6. The Kier molecular flexibility index (Phi) is 5.95. The van der Waals surface area contributed by atoms with E-state index in [-0.39, 0.29) is 24.0 Å². The first-order valence-corrected chi connectivity index (χ1v) is 6.41. The molecule has 2 aliphatic rings. The molecule has 0 radical (unpaired) electrons. The van der Waals surface area contributed by atoms with E-state index < -0.39 is 5.67 Å². The predicted molar refractivity (Wildman–Crippen MR) is 79.6 cm³/mol. The third-order valence-electron chi connectivity index (χ3n) is 3.87. The molecule has 0 atom stereocenters. The Balaban J connectivity index is 0.00000144. The molecule has 0 saturated heterocycles. The quantitative estimate of drug-likeness (QED) is 0.453. The molecule has 2 aliphatic carbocycles. The minimum absolute atomic E-state index is 0. The van der Waals surface area contributed by atoms with Gasteiger partial charge in [-0.2, -0.15) is 0 Å². The molecular formula is C12H23FIN3. The molecule has 17 heavy (non-hydrogen) atoms. The van der Waals surface area contributed by atoms with Gasteiger partial charge in [0.25, 0.3) is 0 Å². The summed E-state index contributed by atoms with van der Waals surface area (Å²) in [5, 5.41) is 3.00. The second kappa shape index (κ2) is 6.75. The normalized spacial score (nSPS) is 23.2. The van der Waals surface area contributed by atoms with Gasteiger partial charge in [0.2, 0.25) is 0 Å². The van der Waals surface area contributed by atoms with Crippen molar-refractivity contribution in [2.45, 2.75) is 50.6 Å². The Morgan fingerprint density at radius 2 is 2.06 bits per heavy atom. The van der Waals surface area contributed by atoms with E-state index in [1.165, 1.54) is 19.3 Å². The molecule has 100 valence electrons. The van der Waals surface area contributed by atoms with Crippen molar-refractivity contribution in [1.82, 2.24) is 5.32 Å². The second-order valence-electron chi connectivity index (χ2n) is 5.20. The van der Waals surface area contributed by atoms with Crippen LogP contribution in [-0.2, 0) is 0 Å². The van der Waals surface area contributed by atoms with Gasteiger partial charge in [-0.05, 0) is 44.4 Å². The Morgan fingerprint density at radius 1 is 1.35 bits per heavy atom. The number of nitrogens with zero attached hydrogens (tertiary/aromatic N) is 1. The van der Waals surface area contributed by atoms with E-state index in [4.69, 9.17) is 5.73 Å². The predicted octanol–water partition coefficient (Wildman–Crippen LogP) is 2.59. The molecule has 2 fully saturated rings. The van der Waals surface area contributed by atoms with Crippen LogP contribution >= 0.6 is 24.0 Å². The van der Waals surface area contributed by atoms with E-state index in [0.29, 0.717) is 31.8 Å². The van der Waals surface area contributed by atoms with Crippen molar-refractivity contribution in [2.75, 3.05) is 13.1 Å². The fourth-order valence-corrected chi connectivity index (χ4v) is 2.18. The average Bonchev–Trinajstić information content (AvgIpc) is 2.13. The molecule has 0 aromatic rings. The van der Waals surface area contributed by atoms with Gasteiger partial charge in [0.05, 0.1) is 0 Å². The molecule has 0 aliphatic heterocycles. The molecule has 2 saturated carbocycles. The van der Waals surface area contributed by atoms with E-state index >= 15 is 0 Å². The molecule has 0 amide bonds. The largest absolute Gasteiger partial charge is 0.370 e. The number of halogens is 2.